The van der Waals surface area contributed by atoms with Gasteiger partial charge in [-0.3, -0.25) is 9.55 Å². The number of benzene rings is 2. The van der Waals surface area contributed by atoms with Gasteiger partial charge in [-0.15, -0.1) is 0 Å². The average Bonchev–Trinajstić information content (AvgIpc) is 3.03. The lowest BCUT2D eigenvalue weighted by Crippen LogP contribution is -2.23. The molecule has 6 nitrogen and oxygen atoms in total. The molecular formula is C22H17F3N4O2S. The van der Waals surface area contributed by atoms with Crippen LogP contribution < -0.4 is 11.0 Å². The number of alkyl halides is 3. The summed E-state index contributed by atoms with van der Waals surface area (Å²) < 4.78 is 39.9. The standard InChI is InChI=1S/C22H17F3N4O2S/c23-22(24,25)32-18-8-6-17(7-9-18)29-20(30)14-28(21(29)31)13-15-10-11-26-12-19(15)27-16-4-2-1-3-5-16/h1-12,14,27,30H,13H2. The summed E-state index contributed by atoms with van der Waals surface area (Å²) in [5, 5.41) is 13.6. The largest absolute Gasteiger partial charge is 0.493 e. The Hall–Kier alpha value is -3.66. The molecule has 0 saturated heterocycles. The second kappa shape index (κ2) is 8.83. The zero-order chi connectivity index (χ0) is 22.7. The van der Waals surface area contributed by atoms with E-state index in [2.05, 4.69) is 10.3 Å². The number of hydrogen-bond donors (Lipinski definition) is 2. The molecule has 2 aromatic heterocycles. The van der Waals surface area contributed by atoms with Crippen LogP contribution in [0.5, 0.6) is 5.88 Å². The van der Waals surface area contributed by atoms with E-state index in [1.54, 1.807) is 18.5 Å². The highest BCUT2D eigenvalue weighted by Crippen LogP contribution is 2.37. The quantitative estimate of drug-likeness (QED) is 0.392. The maximum atomic E-state index is 12.9. The molecule has 164 valence electrons. The monoisotopic (exact) mass is 458 g/mol. The summed E-state index contributed by atoms with van der Waals surface area (Å²) in [6, 6.07) is 16.4. The molecular weight excluding hydrogens is 441 g/mol. The van der Waals surface area contributed by atoms with Gasteiger partial charge in [0.15, 0.2) is 0 Å². The number of nitrogens with one attached hydrogen (secondary N) is 1. The number of imidazole rings is 1. The lowest BCUT2D eigenvalue weighted by molar-refractivity contribution is -0.0328. The first kappa shape index (κ1) is 21.6. The van der Waals surface area contributed by atoms with Crippen molar-refractivity contribution in [2.24, 2.45) is 0 Å². The zero-order valence-corrected chi connectivity index (χ0v) is 17.3. The molecule has 0 aliphatic carbocycles. The molecule has 2 N–H and O–H groups in total. The third-order valence-electron chi connectivity index (χ3n) is 4.57. The Labute approximate surface area is 185 Å². The Balaban J connectivity index is 1.60. The Kier molecular flexibility index (Phi) is 5.95. The highest BCUT2D eigenvalue weighted by Gasteiger charge is 2.29. The first-order chi connectivity index (χ1) is 15.3. The van der Waals surface area contributed by atoms with Crippen molar-refractivity contribution in [3.63, 3.8) is 0 Å². The van der Waals surface area contributed by atoms with E-state index in [0.29, 0.717) is 5.69 Å². The highest BCUT2D eigenvalue weighted by atomic mass is 32.2. The smallest absolute Gasteiger partial charge is 0.446 e. The second-order valence-electron chi connectivity index (χ2n) is 6.80. The van der Waals surface area contributed by atoms with Gasteiger partial charge in [-0.05, 0) is 59.8 Å². The summed E-state index contributed by atoms with van der Waals surface area (Å²) in [4.78, 5) is 17.0. The van der Waals surface area contributed by atoms with Gasteiger partial charge in [0.05, 0.1) is 30.3 Å². The van der Waals surface area contributed by atoms with E-state index >= 15 is 0 Å². The van der Waals surface area contributed by atoms with Crippen LogP contribution >= 0.6 is 11.8 Å². The number of thioether (sulfide) groups is 1. The fourth-order valence-corrected chi connectivity index (χ4v) is 3.71. The number of anilines is 2. The number of pyridine rings is 1. The first-order valence-electron chi connectivity index (χ1n) is 9.42. The summed E-state index contributed by atoms with van der Waals surface area (Å²) in [6.07, 6.45) is 4.53. The van der Waals surface area contributed by atoms with E-state index in [9.17, 15) is 23.1 Å². The van der Waals surface area contributed by atoms with Crippen LogP contribution in [-0.4, -0.2) is 24.7 Å². The maximum Gasteiger partial charge on any atom is 0.446 e. The predicted molar refractivity (Wildman–Crippen MR) is 117 cm³/mol. The van der Waals surface area contributed by atoms with Gasteiger partial charge in [-0.2, -0.15) is 13.2 Å². The number of halogens is 3. The van der Waals surface area contributed by atoms with E-state index in [1.807, 2.05) is 30.3 Å². The van der Waals surface area contributed by atoms with Crippen LogP contribution in [-0.2, 0) is 6.54 Å². The van der Waals surface area contributed by atoms with E-state index in [4.69, 9.17) is 0 Å². The minimum absolute atomic E-state index is 0.0124. The van der Waals surface area contributed by atoms with E-state index in [1.165, 1.54) is 35.0 Å². The van der Waals surface area contributed by atoms with Crippen LogP contribution in [0.15, 0.2) is 88.9 Å². The van der Waals surface area contributed by atoms with Crippen LogP contribution in [0.2, 0.25) is 0 Å². The van der Waals surface area contributed by atoms with E-state index in [-0.39, 0.29) is 34.8 Å². The van der Waals surface area contributed by atoms with Crippen molar-refractivity contribution in [2.75, 3.05) is 5.32 Å². The molecule has 0 radical (unpaired) electrons. The first-order valence-corrected chi connectivity index (χ1v) is 10.2. The van der Waals surface area contributed by atoms with Crippen molar-refractivity contribution in [3.8, 4) is 11.6 Å². The Morgan fingerprint density at radius 2 is 1.75 bits per heavy atom. The Morgan fingerprint density at radius 1 is 1.03 bits per heavy atom. The molecule has 32 heavy (non-hydrogen) atoms. The normalized spacial score (nSPS) is 11.5. The van der Waals surface area contributed by atoms with E-state index in [0.717, 1.165) is 15.8 Å². The molecule has 10 heteroatoms. The minimum atomic E-state index is -4.40. The molecule has 0 bridgehead atoms. The fourth-order valence-electron chi connectivity index (χ4n) is 3.17. The molecule has 0 amide bonds. The number of hydrogen-bond acceptors (Lipinski definition) is 5. The van der Waals surface area contributed by atoms with Crippen LogP contribution in [0.3, 0.4) is 0 Å². The van der Waals surface area contributed by atoms with Gasteiger partial charge in [0.25, 0.3) is 0 Å². The van der Waals surface area contributed by atoms with Crippen LogP contribution in [0.1, 0.15) is 5.56 Å². The number of aromatic nitrogens is 3. The van der Waals surface area contributed by atoms with Crippen LogP contribution in [0.25, 0.3) is 5.69 Å². The van der Waals surface area contributed by atoms with Gasteiger partial charge in [0.2, 0.25) is 5.88 Å². The lowest BCUT2D eigenvalue weighted by Gasteiger charge is -2.11. The molecule has 0 saturated carbocycles. The van der Waals surface area contributed by atoms with Crippen molar-refractivity contribution < 1.29 is 18.3 Å². The molecule has 0 aliphatic rings. The maximum absolute atomic E-state index is 12.9. The molecule has 0 fully saturated rings. The van der Waals surface area contributed by atoms with Crippen molar-refractivity contribution >= 4 is 23.1 Å². The molecule has 4 aromatic rings. The summed E-state index contributed by atoms with van der Waals surface area (Å²) in [5.74, 6) is -0.321. The summed E-state index contributed by atoms with van der Waals surface area (Å²) in [5.41, 5.74) is -2.35. The van der Waals surface area contributed by atoms with Crippen LogP contribution in [0.4, 0.5) is 24.5 Å². The number of rotatable bonds is 6. The molecule has 0 aliphatic heterocycles. The van der Waals surface area contributed by atoms with Gasteiger partial charge in [-0.25, -0.2) is 9.36 Å². The van der Waals surface area contributed by atoms with Crippen molar-refractivity contribution in [1.82, 2.24) is 14.1 Å². The number of nitrogens with zero attached hydrogens (tertiary/aromatic N) is 3. The molecule has 0 atom stereocenters. The predicted octanol–water partition coefficient (Wildman–Crippen LogP) is 5.14. The summed E-state index contributed by atoms with van der Waals surface area (Å²) in [6.45, 7) is 0.152. The van der Waals surface area contributed by atoms with Gasteiger partial charge in [0.1, 0.15) is 0 Å². The van der Waals surface area contributed by atoms with Crippen LogP contribution in [0, 0.1) is 0 Å². The van der Waals surface area contributed by atoms with E-state index < -0.39 is 11.2 Å². The van der Waals surface area contributed by atoms with Gasteiger partial charge >= 0.3 is 11.2 Å². The molecule has 0 unspecified atom stereocenters. The lowest BCUT2D eigenvalue weighted by atomic mass is 10.2. The summed E-state index contributed by atoms with van der Waals surface area (Å²) >= 11 is -0.246. The average molecular weight is 458 g/mol. The Morgan fingerprint density at radius 3 is 2.44 bits per heavy atom. The van der Waals surface area contributed by atoms with Crippen molar-refractivity contribution in [3.05, 3.63) is 95.3 Å². The Bertz CT molecular complexity index is 1270. The third-order valence-corrected chi connectivity index (χ3v) is 5.31. The number of aromatic hydroxyl groups is 1. The molecule has 4 rings (SSSR count). The summed E-state index contributed by atoms with van der Waals surface area (Å²) in [7, 11) is 0. The molecule has 2 aromatic carbocycles. The molecule has 2 heterocycles. The van der Waals surface area contributed by atoms with Gasteiger partial charge in [-0.1, -0.05) is 18.2 Å². The SMILES string of the molecule is O=c1n(Cc2ccncc2Nc2ccccc2)cc(O)n1-c1ccc(SC(F)(F)F)cc1. The van der Waals surface area contributed by atoms with Gasteiger partial charge in [0, 0.05) is 16.8 Å². The third kappa shape index (κ3) is 4.97. The van der Waals surface area contributed by atoms with Crippen molar-refractivity contribution in [2.45, 2.75) is 16.9 Å². The zero-order valence-electron chi connectivity index (χ0n) is 16.5. The second-order valence-corrected chi connectivity index (χ2v) is 7.94. The number of para-hydroxylation sites is 1. The minimum Gasteiger partial charge on any atom is -0.493 e. The fraction of sp³-hybridized carbons (Fsp3) is 0.0909. The topological polar surface area (TPSA) is 72.1 Å². The van der Waals surface area contributed by atoms with Gasteiger partial charge < -0.3 is 10.4 Å². The highest BCUT2D eigenvalue weighted by molar-refractivity contribution is 8.00. The van der Waals surface area contributed by atoms with Crippen molar-refractivity contribution in [1.29, 1.82) is 0 Å². The molecule has 0 spiro atoms.